The Hall–Kier alpha value is -3.14. The molecule has 3 saturated heterocycles. The van der Waals surface area contributed by atoms with Gasteiger partial charge in [0.05, 0.1) is 24.3 Å². The molecule has 8 N–H and O–H groups in total. The fourth-order valence-corrected chi connectivity index (χ4v) is 5.74. The Kier molecular flexibility index (Phi) is 12.7. The van der Waals surface area contributed by atoms with Gasteiger partial charge in [0.1, 0.15) is 73.8 Å². The molecule has 0 bridgehead atoms. The minimum absolute atomic E-state index is 0.138. The van der Waals surface area contributed by atoms with E-state index in [4.69, 9.17) is 33.2 Å². The van der Waals surface area contributed by atoms with Gasteiger partial charge in [0.25, 0.3) is 0 Å². The second kappa shape index (κ2) is 16.7. The molecule has 2 aromatic carbocycles. The van der Waals surface area contributed by atoms with Crippen LogP contribution in [0.4, 0.5) is 0 Å². The highest BCUT2D eigenvalue weighted by Gasteiger charge is 2.52. The maximum atomic E-state index is 13.3. The third kappa shape index (κ3) is 8.61. The molecule has 2 aromatic rings. The number of rotatable bonds is 11. The van der Waals surface area contributed by atoms with Crippen molar-refractivity contribution in [2.24, 2.45) is 0 Å². The normalized spacial score (nSPS) is 38.0. The first kappa shape index (κ1) is 37.1. The van der Waals surface area contributed by atoms with Crippen molar-refractivity contribution < 1.29 is 83.6 Å². The maximum Gasteiger partial charge on any atom is 0.338 e. The summed E-state index contributed by atoms with van der Waals surface area (Å²) < 4.78 is 40.1. The van der Waals surface area contributed by atoms with Gasteiger partial charge in [0.2, 0.25) is 0 Å². The lowest BCUT2D eigenvalue weighted by molar-refractivity contribution is -0.360. The third-order valence-electron chi connectivity index (χ3n) is 8.43. The SMILES string of the molecule is O=C(OC[C@H]1O[C@@H](O[C@H]2[C@H](O)[C@@H](O)[C@H](O)O[C@@H]2CO)C[C@@H](OC(=O)c2ccccc2)[C@H]1O[C@H]1O[C@H](CO)[C@H](O)[C@H](O)[C@H]1O)c1ccccc1. The maximum absolute atomic E-state index is 13.3. The molecular weight excluding hydrogens is 656 g/mol. The van der Waals surface area contributed by atoms with Gasteiger partial charge in [0.15, 0.2) is 18.9 Å². The van der Waals surface area contributed by atoms with Gasteiger partial charge in [-0.05, 0) is 24.3 Å². The molecule has 0 spiro atoms. The van der Waals surface area contributed by atoms with Crippen LogP contribution in [0.1, 0.15) is 27.1 Å². The lowest BCUT2D eigenvalue weighted by Gasteiger charge is -2.47. The molecule has 0 aromatic heterocycles. The summed E-state index contributed by atoms with van der Waals surface area (Å²) >= 11 is 0. The van der Waals surface area contributed by atoms with Crippen LogP contribution < -0.4 is 0 Å². The summed E-state index contributed by atoms with van der Waals surface area (Å²) in [6.45, 7) is -2.08. The van der Waals surface area contributed by atoms with Crippen molar-refractivity contribution in [3.8, 4) is 0 Å². The average Bonchev–Trinajstić information content (AvgIpc) is 3.12. The lowest BCUT2D eigenvalue weighted by atomic mass is 9.97. The Morgan fingerprint density at radius 1 is 0.633 bits per heavy atom. The van der Waals surface area contributed by atoms with E-state index in [9.17, 15) is 50.4 Å². The van der Waals surface area contributed by atoms with E-state index in [1.165, 1.54) is 24.3 Å². The zero-order valence-electron chi connectivity index (χ0n) is 25.9. The quantitative estimate of drug-likeness (QED) is 0.110. The number of carbonyl (C=O) groups excluding carboxylic acids is 2. The van der Waals surface area contributed by atoms with E-state index in [-0.39, 0.29) is 17.5 Å². The molecular formula is C32H40O17. The predicted octanol–water partition coefficient (Wildman–Crippen LogP) is -2.81. The Labute approximate surface area is 279 Å². The minimum atomic E-state index is -1.86. The molecule has 270 valence electrons. The summed E-state index contributed by atoms with van der Waals surface area (Å²) in [6.07, 6.45) is -22.7. The van der Waals surface area contributed by atoms with Crippen molar-refractivity contribution in [3.05, 3.63) is 71.8 Å². The van der Waals surface area contributed by atoms with Gasteiger partial charge in [-0.3, -0.25) is 0 Å². The van der Waals surface area contributed by atoms with Gasteiger partial charge in [-0.2, -0.15) is 0 Å². The van der Waals surface area contributed by atoms with Crippen molar-refractivity contribution >= 4 is 11.9 Å². The molecule has 5 rings (SSSR count). The smallest absolute Gasteiger partial charge is 0.338 e. The van der Waals surface area contributed by atoms with Crippen LogP contribution in [0.2, 0.25) is 0 Å². The monoisotopic (exact) mass is 696 g/mol. The van der Waals surface area contributed by atoms with Crippen molar-refractivity contribution in [1.82, 2.24) is 0 Å². The summed E-state index contributed by atoms with van der Waals surface area (Å²) in [5.74, 6) is -1.60. The first-order valence-electron chi connectivity index (χ1n) is 15.6. The molecule has 0 unspecified atom stereocenters. The Morgan fingerprint density at radius 3 is 1.86 bits per heavy atom. The molecule has 14 atom stereocenters. The van der Waals surface area contributed by atoms with Crippen LogP contribution in [0.25, 0.3) is 0 Å². The molecule has 49 heavy (non-hydrogen) atoms. The molecule has 3 aliphatic rings. The average molecular weight is 697 g/mol. The topological polar surface area (TPSA) is 261 Å². The molecule has 17 nitrogen and oxygen atoms in total. The number of aliphatic hydroxyl groups is 8. The molecule has 17 heteroatoms. The third-order valence-corrected chi connectivity index (χ3v) is 8.43. The van der Waals surface area contributed by atoms with Crippen molar-refractivity contribution in [1.29, 1.82) is 0 Å². The van der Waals surface area contributed by atoms with Crippen LogP contribution in [-0.4, -0.2) is 159 Å². The minimum Gasteiger partial charge on any atom is -0.459 e. The van der Waals surface area contributed by atoms with Gasteiger partial charge in [-0.1, -0.05) is 36.4 Å². The number of benzene rings is 2. The number of ether oxygens (including phenoxy) is 7. The molecule has 0 amide bonds. The van der Waals surface area contributed by atoms with E-state index >= 15 is 0 Å². The van der Waals surface area contributed by atoms with Gasteiger partial charge >= 0.3 is 11.9 Å². The summed E-state index contributed by atoms with van der Waals surface area (Å²) in [5, 5.41) is 81.8. The number of hydrogen-bond acceptors (Lipinski definition) is 17. The predicted molar refractivity (Wildman–Crippen MR) is 159 cm³/mol. The summed E-state index contributed by atoms with van der Waals surface area (Å²) in [7, 11) is 0. The van der Waals surface area contributed by atoms with Crippen LogP contribution >= 0.6 is 0 Å². The highest BCUT2D eigenvalue weighted by molar-refractivity contribution is 5.89. The second-order valence-corrected chi connectivity index (χ2v) is 11.7. The van der Waals surface area contributed by atoms with E-state index in [1.54, 1.807) is 36.4 Å². The van der Waals surface area contributed by atoms with Gasteiger partial charge in [-0.15, -0.1) is 0 Å². The van der Waals surface area contributed by atoms with Gasteiger partial charge < -0.3 is 74.0 Å². The number of esters is 2. The first-order valence-corrected chi connectivity index (χ1v) is 15.6. The summed E-state index contributed by atoms with van der Waals surface area (Å²) in [5.41, 5.74) is 0.323. The van der Waals surface area contributed by atoms with Crippen LogP contribution in [0.15, 0.2) is 60.7 Å². The van der Waals surface area contributed by atoms with Crippen LogP contribution in [0.3, 0.4) is 0 Å². The fourth-order valence-electron chi connectivity index (χ4n) is 5.74. The Bertz CT molecular complexity index is 1350. The van der Waals surface area contributed by atoms with E-state index in [2.05, 4.69) is 0 Å². The van der Waals surface area contributed by atoms with E-state index in [0.29, 0.717) is 0 Å². The lowest BCUT2D eigenvalue weighted by Crippen LogP contribution is -2.63. The fraction of sp³-hybridized carbons (Fsp3) is 0.562. The van der Waals surface area contributed by atoms with Gasteiger partial charge in [0, 0.05) is 6.42 Å². The molecule has 3 fully saturated rings. The molecule has 0 radical (unpaired) electrons. The molecule has 3 aliphatic heterocycles. The number of carbonyl (C=O) groups is 2. The van der Waals surface area contributed by atoms with Crippen LogP contribution in [0, 0.1) is 0 Å². The van der Waals surface area contributed by atoms with E-state index in [1.807, 2.05) is 0 Å². The highest BCUT2D eigenvalue weighted by atomic mass is 16.8. The first-order chi connectivity index (χ1) is 23.5. The van der Waals surface area contributed by atoms with E-state index in [0.717, 1.165) is 0 Å². The molecule has 0 aliphatic carbocycles. The van der Waals surface area contributed by atoms with E-state index < -0.39 is 118 Å². The van der Waals surface area contributed by atoms with Gasteiger partial charge in [-0.25, -0.2) is 9.59 Å². The van der Waals surface area contributed by atoms with Crippen molar-refractivity contribution in [2.75, 3.05) is 19.8 Å². The molecule has 0 saturated carbocycles. The molecule has 3 heterocycles. The number of hydrogen-bond donors (Lipinski definition) is 8. The van der Waals surface area contributed by atoms with Crippen LogP contribution in [-0.2, 0) is 33.2 Å². The van der Waals surface area contributed by atoms with Crippen LogP contribution in [0.5, 0.6) is 0 Å². The van der Waals surface area contributed by atoms with Crippen molar-refractivity contribution in [2.45, 2.75) is 92.4 Å². The zero-order chi connectivity index (χ0) is 35.2. The van der Waals surface area contributed by atoms with Crippen molar-refractivity contribution in [3.63, 3.8) is 0 Å². The summed E-state index contributed by atoms with van der Waals surface area (Å²) in [6, 6.07) is 15.8. The second-order valence-electron chi connectivity index (χ2n) is 11.7. The summed E-state index contributed by atoms with van der Waals surface area (Å²) in [4.78, 5) is 26.2. The highest BCUT2D eigenvalue weighted by Crippen LogP contribution is 2.34. The largest absolute Gasteiger partial charge is 0.459 e. The zero-order valence-corrected chi connectivity index (χ0v) is 25.9. The Balaban J connectivity index is 1.46. The Morgan fingerprint density at radius 2 is 1.24 bits per heavy atom. The number of aliphatic hydroxyl groups excluding tert-OH is 8. The standard InChI is InChI=1S/C32H40O17/c33-12-18-22(35)23(36)26(39)32(47-18)49-27-17(45-30(41)16-9-5-2-6-10-16)11-21(48-28-19(13-34)46-31(42)25(38)24(28)37)44-20(27)14-43-29(40)15-7-3-1-4-8-15/h1-10,17-28,31-39,42H,11-14H2/t17-,18-,19-,20-,21+,22+,23+,24-,25-,26-,27-,28-,31-,32-/m1/s1.